The van der Waals surface area contributed by atoms with E-state index < -0.39 is 11.7 Å². The van der Waals surface area contributed by atoms with E-state index in [9.17, 15) is 9.59 Å². The van der Waals surface area contributed by atoms with Crippen molar-refractivity contribution in [3.05, 3.63) is 51.1 Å². The third kappa shape index (κ3) is 5.36. The Morgan fingerprint density at radius 2 is 1.87 bits per heavy atom. The van der Waals surface area contributed by atoms with Gasteiger partial charge in [0.1, 0.15) is 10.6 Å². The standard InChI is InChI=1S/C22H26ClN5O3/c1-22(2,3)31-21(30)25-16-10-12-28(13-11-16)20-26-18(17(23)19(29)27(20)5)14-6-8-15(24-4)9-7-14/h6-9,16H,10-13H2,1-3,5H3,(H,25,30). The number of aromatic nitrogens is 2. The van der Waals surface area contributed by atoms with Crippen molar-refractivity contribution in [2.24, 2.45) is 7.05 Å². The quantitative estimate of drug-likeness (QED) is 0.721. The van der Waals surface area contributed by atoms with Crippen LogP contribution in [0.25, 0.3) is 16.1 Å². The zero-order chi connectivity index (χ0) is 22.8. The lowest BCUT2D eigenvalue weighted by molar-refractivity contribution is 0.0497. The van der Waals surface area contributed by atoms with Gasteiger partial charge in [0.25, 0.3) is 5.56 Å². The highest BCUT2D eigenvalue weighted by molar-refractivity contribution is 6.32. The number of benzene rings is 1. The number of hydrogen-bond acceptors (Lipinski definition) is 5. The van der Waals surface area contributed by atoms with Gasteiger partial charge in [-0.1, -0.05) is 35.9 Å². The lowest BCUT2D eigenvalue weighted by Gasteiger charge is -2.34. The minimum atomic E-state index is -0.542. The highest BCUT2D eigenvalue weighted by Crippen LogP contribution is 2.28. The van der Waals surface area contributed by atoms with Crippen molar-refractivity contribution >= 4 is 29.3 Å². The fraction of sp³-hybridized carbons (Fsp3) is 0.455. The van der Waals surface area contributed by atoms with Crippen LogP contribution in [0.5, 0.6) is 0 Å². The fourth-order valence-electron chi connectivity index (χ4n) is 3.43. The maximum Gasteiger partial charge on any atom is 0.407 e. The van der Waals surface area contributed by atoms with Gasteiger partial charge in [0.2, 0.25) is 5.95 Å². The van der Waals surface area contributed by atoms with Crippen molar-refractivity contribution in [3.63, 3.8) is 0 Å². The number of anilines is 1. The van der Waals surface area contributed by atoms with Gasteiger partial charge in [0, 0.05) is 26.2 Å². The van der Waals surface area contributed by atoms with E-state index in [0.29, 0.717) is 48.8 Å². The first-order valence-electron chi connectivity index (χ1n) is 10.1. The molecule has 1 aliphatic rings. The monoisotopic (exact) mass is 443 g/mol. The van der Waals surface area contributed by atoms with Gasteiger partial charge in [-0.25, -0.2) is 14.6 Å². The normalized spacial score (nSPS) is 14.8. The molecule has 1 saturated heterocycles. The van der Waals surface area contributed by atoms with Gasteiger partial charge in [-0.3, -0.25) is 9.36 Å². The van der Waals surface area contributed by atoms with Crippen LogP contribution < -0.4 is 15.8 Å². The van der Waals surface area contributed by atoms with Crippen LogP contribution >= 0.6 is 11.6 Å². The predicted octanol–water partition coefficient (Wildman–Crippen LogP) is 4.14. The molecule has 0 radical (unpaired) electrons. The number of alkyl carbamates (subject to hydrolysis) is 1. The summed E-state index contributed by atoms with van der Waals surface area (Å²) in [6.45, 7) is 13.8. The van der Waals surface area contributed by atoms with Crippen LogP contribution in [-0.2, 0) is 11.8 Å². The molecule has 0 saturated carbocycles. The number of nitrogens with zero attached hydrogens (tertiary/aromatic N) is 4. The molecule has 2 heterocycles. The average Bonchev–Trinajstić information content (AvgIpc) is 2.72. The second-order valence-corrected chi connectivity index (χ2v) is 8.88. The molecule has 1 aliphatic heterocycles. The smallest absolute Gasteiger partial charge is 0.407 e. The summed E-state index contributed by atoms with van der Waals surface area (Å²) in [7, 11) is 1.65. The molecule has 0 spiro atoms. The van der Waals surface area contributed by atoms with Gasteiger partial charge in [-0.15, -0.1) is 0 Å². The minimum absolute atomic E-state index is 0.00364. The maximum absolute atomic E-state index is 12.7. The molecule has 1 fully saturated rings. The Morgan fingerprint density at radius 3 is 2.42 bits per heavy atom. The Bertz CT molecular complexity index is 1060. The van der Waals surface area contributed by atoms with E-state index in [2.05, 4.69) is 15.1 Å². The molecule has 0 atom stereocenters. The van der Waals surface area contributed by atoms with Crippen molar-refractivity contribution in [3.8, 4) is 11.3 Å². The lowest BCUT2D eigenvalue weighted by atomic mass is 10.1. The zero-order valence-corrected chi connectivity index (χ0v) is 18.9. The molecule has 3 rings (SSSR count). The van der Waals surface area contributed by atoms with Gasteiger partial charge in [-0.05, 0) is 39.2 Å². The maximum atomic E-state index is 12.7. The van der Waals surface area contributed by atoms with E-state index in [4.69, 9.17) is 22.9 Å². The third-order valence-corrected chi connectivity index (χ3v) is 5.32. The molecule has 0 bridgehead atoms. The number of piperidine rings is 1. The molecular formula is C22H26ClN5O3. The van der Waals surface area contributed by atoms with Crippen LogP contribution in [0.15, 0.2) is 29.1 Å². The van der Waals surface area contributed by atoms with Crippen molar-refractivity contribution in [1.82, 2.24) is 14.9 Å². The Labute approximate surface area is 186 Å². The van der Waals surface area contributed by atoms with Crippen molar-refractivity contribution < 1.29 is 9.53 Å². The van der Waals surface area contributed by atoms with E-state index in [-0.39, 0.29) is 16.6 Å². The molecule has 0 aliphatic carbocycles. The molecule has 8 nitrogen and oxygen atoms in total. The number of nitrogens with one attached hydrogen (secondary N) is 1. The zero-order valence-electron chi connectivity index (χ0n) is 18.1. The first kappa shape index (κ1) is 22.6. The number of ether oxygens (including phenoxy) is 1. The summed E-state index contributed by atoms with van der Waals surface area (Å²) in [5.41, 5.74) is 0.705. The first-order chi connectivity index (χ1) is 14.6. The van der Waals surface area contributed by atoms with E-state index in [1.165, 1.54) is 4.57 Å². The summed E-state index contributed by atoms with van der Waals surface area (Å²) in [5.74, 6) is 0.523. The van der Waals surface area contributed by atoms with Gasteiger partial charge in [-0.2, -0.15) is 0 Å². The number of amides is 1. The fourth-order valence-corrected chi connectivity index (χ4v) is 3.71. The summed E-state index contributed by atoms with van der Waals surface area (Å²) in [6, 6.07) is 6.82. The molecule has 0 unspecified atom stereocenters. The number of halogens is 1. The largest absolute Gasteiger partial charge is 0.444 e. The number of rotatable bonds is 3. The van der Waals surface area contributed by atoms with E-state index in [1.807, 2.05) is 25.7 Å². The molecular weight excluding hydrogens is 418 g/mol. The van der Waals surface area contributed by atoms with Gasteiger partial charge in [0.05, 0.1) is 12.3 Å². The summed E-state index contributed by atoms with van der Waals surface area (Å²) in [6.07, 6.45) is 0.979. The first-order valence-corrected chi connectivity index (χ1v) is 10.5. The Kier molecular flexibility index (Phi) is 6.56. The third-order valence-electron chi connectivity index (χ3n) is 4.98. The van der Waals surface area contributed by atoms with Crippen molar-refractivity contribution in [2.45, 2.75) is 45.3 Å². The topological polar surface area (TPSA) is 80.8 Å². The van der Waals surface area contributed by atoms with Gasteiger partial charge >= 0.3 is 6.09 Å². The molecule has 2 aromatic rings. The summed E-state index contributed by atoms with van der Waals surface area (Å²) in [5, 5.41) is 2.95. The molecule has 9 heteroatoms. The SMILES string of the molecule is [C-]#[N+]c1ccc(-c2nc(N3CCC(NC(=O)OC(C)(C)C)CC3)n(C)c(=O)c2Cl)cc1. The Balaban J connectivity index is 1.78. The van der Waals surface area contributed by atoms with E-state index >= 15 is 0 Å². The van der Waals surface area contributed by atoms with Gasteiger partial charge in [0.15, 0.2) is 5.69 Å². The predicted molar refractivity (Wildman–Crippen MR) is 121 cm³/mol. The van der Waals surface area contributed by atoms with Crippen molar-refractivity contribution in [2.75, 3.05) is 18.0 Å². The number of carbonyl (C=O) groups is 1. The summed E-state index contributed by atoms with van der Waals surface area (Å²) >= 11 is 6.31. The van der Waals surface area contributed by atoms with Crippen LogP contribution in [0.1, 0.15) is 33.6 Å². The second-order valence-electron chi connectivity index (χ2n) is 8.50. The summed E-state index contributed by atoms with van der Waals surface area (Å²) < 4.78 is 6.77. The molecule has 31 heavy (non-hydrogen) atoms. The van der Waals surface area contributed by atoms with Crippen molar-refractivity contribution in [1.29, 1.82) is 0 Å². The number of hydrogen-bond donors (Lipinski definition) is 1. The molecule has 1 N–H and O–H groups in total. The molecule has 1 aromatic heterocycles. The van der Waals surface area contributed by atoms with Crippen LogP contribution in [0.3, 0.4) is 0 Å². The highest BCUT2D eigenvalue weighted by atomic mass is 35.5. The van der Waals surface area contributed by atoms with Crippen LogP contribution in [0, 0.1) is 6.57 Å². The minimum Gasteiger partial charge on any atom is -0.444 e. The van der Waals surface area contributed by atoms with E-state index in [0.717, 1.165) is 0 Å². The summed E-state index contributed by atoms with van der Waals surface area (Å²) in [4.78, 5) is 34.8. The van der Waals surface area contributed by atoms with Crippen LogP contribution in [0.4, 0.5) is 16.4 Å². The van der Waals surface area contributed by atoms with Crippen LogP contribution in [-0.4, -0.2) is 40.4 Å². The van der Waals surface area contributed by atoms with Gasteiger partial charge < -0.3 is 15.0 Å². The van der Waals surface area contributed by atoms with E-state index in [1.54, 1.807) is 31.3 Å². The lowest BCUT2D eigenvalue weighted by Crippen LogP contribution is -2.47. The average molecular weight is 444 g/mol. The molecule has 1 amide bonds. The molecule has 1 aromatic carbocycles. The second kappa shape index (κ2) is 8.98. The molecule has 164 valence electrons. The highest BCUT2D eigenvalue weighted by Gasteiger charge is 2.26. The number of carbonyl (C=O) groups excluding carboxylic acids is 1. The Hall–Kier alpha value is -3.05. The van der Waals surface area contributed by atoms with Crippen LogP contribution in [0.2, 0.25) is 5.02 Å². The Morgan fingerprint density at radius 1 is 1.26 bits per heavy atom.